The Morgan fingerprint density at radius 2 is 2.22 bits per heavy atom. The molecular weight excluding hydrogens is 118 g/mol. The van der Waals surface area contributed by atoms with E-state index >= 15 is 0 Å². The summed E-state index contributed by atoms with van der Waals surface area (Å²) in [5.41, 5.74) is -0.462. The summed E-state index contributed by atoms with van der Waals surface area (Å²) >= 11 is 0. The first kappa shape index (κ1) is 6.55. The molecule has 0 bridgehead atoms. The normalized spacial score (nSPS) is 32.3. The first-order chi connectivity index (χ1) is 4.01. The summed E-state index contributed by atoms with van der Waals surface area (Å²) in [5.74, 6) is -0.167. The van der Waals surface area contributed by atoms with E-state index in [1.165, 1.54) is 0 Å². The summed E-state index contributed by atoms with van der Waals surface area (Å²) in [5, 5.41) is 2.97. The van der Waals surface area contributed by atoms with E-state index in [1.54, 1.807) is 6.92 Å². The standard InChI is InChI=1S/C6H11NO2/c1-4-5(8)9-6(2,3)7-4/h4,7H,1-3H3. The van der Waals surface area contributed by atoms with Gasteiger partial charge in [-0.25, -0.2) is 0 Å². The van der Waals surface area contributed by atoms with Crippen LogP contribution in [0.25, 0.3) is 0 Å². The van der Waals surface area contributed by atoms with Crippen LogP contribution < -0.4 is 5.32 Å². The number of hydrogen-bond donors (Lipinski definition) is 1. The third kappa shape index (κ3) is 1.21. The van der Waals surface area contributed by atoms with Gasteiger partial charge >= 0.3 is 5.97 Å². The molecule has 0 spiro atoms. The molecule has 1 atom stereocenters. The zero-order chi connectivity index (χ0) is 7.07. The average molecular weight is 129 g/mol. The van der Waals surface area contributed by atoms with E-state index in [0.29, 0.717) is 0 Å². The maximum absolute atomic E-state index is 10.7. The van der Waals surface area contributed by atoms with Gasteiger partial charge in [0.2, 0.25) is 0 Å². The number of rotatable bonds is 0. The van der Waals surface area contributed by atoms with Crippen LogP contribution in [0.15, 0.2) is 0 Å². The second kappa shape index (κ2) is 1.70. The fourth-order valence-corrected chi connectivity index (χ4v) is 0.950. The van der Waals surface area contributed by atoms with Crippen LogP contribution in [-0.2, 0) is 9.53 Å². The highest BCUT2D eigenvalue weighted by molar-refractivity contribution is 5.77. The van der Waals surface area contributed by atoms with Crippen LogP contribution in [0.3, 0.4) is 0 Å². The maximum atomic E-state index is 10.7. The van der Waals surface area contributed by atoms with Crippen molar-refractivity contribution in [1.82, 2.24) is 5.32 Å². The van der Waals surface area contributed by atoms with Crippen molar-refractivity contribution >= 4 is 5.97 Å². The minimum Gasteiger partial charge on any atom is -0.443 e. The van der Waals surface area contributed by atoms with Gasteiger partial charge < -0.3 is 4.74 Å². The Labute approximate surface area is 54.4 Å². The highest BCUT2D eigenvalue weighted by atomic mass is 16.6. The van der Waals surface area contributed by atoms with Crippen LogP contribution >= 0.6 is 0 Å². The highest BCUT2D eigenvalue weighted by Gasteiger charge is 2.35. The predicted molar refractivity (Wildman–Crippen MR) is 32.8 cm³/mol. The van der Waals surface area contributed by atoms with Crippen LogP contribution in [0, 0.1) is 0 Å². The summed E-state index contributed by atoms with van der Waals surface area (Å²) in [6.45, 7) is 5.44. The number of hydrogen-bond acceptors (Lipinski definition) is 3. The van der Waals surface area contributed by atoms with Crippen LogP contribution in [0.1, 0.15) is 20.8 Å². The quantitative estimate of drug-likeness (QED) is 0.477. The van der Waals surface area contributed by atoms with Crippen molar-refractivity contribution in [1.29, 1.82) is 0 Å². The van der Waals surface area contributed by atoms with E-state index in [9.17, 15) is 4.79 Å². The molecule has 9 heavy (non-hydrogen) atoms. The SMILES string of the molecule is CC1NC(C)(C)OC1=O. The molecule has 3 nitrogen and oxygen atoms in total. The average Bonchev–Trinajstić information content (AvgIpc) is 1.79. The molecule has 1 unspecified atom stereocenters. The number of ether oxygens (including phenoxy) is 1. The molecule has 0 aromatic rings. The second-order valence-electron chi connectivity index (χ2n) is 2.80. The Kier molecular flexibility index (Phi) is 1.24. The molecular formula is C6H11NO2. The van der Waals surface area contributed by atoms with Crippen LogP contribution in [0.2, 0.25) is 0 Å². The molecule has 0 saturated carbocycles. The number of esters is 1. The van der Waals surface area contributed by atoms with E-state index in [0.717, 1.165) is 0 Å². The molecule has 0 radical (unpaired) electrons. The Morgan fingerprint density at radius 3 is 2.33 bits per heavy atom. The van der Waals surface area contributed by atoms with Crippen LogP contribution in [-0.4, -0.2) is 17.7 Å². The largest absolute Gasteiger partial charge is 0.443 e. The Morgan fingerprint density at radius 1 is 1.67 bits per heavy atom. The Balaban J connectivity index is 2.65. The van der Waals surface area contributed by atoms with E-state index in [4.69, 9.17) is 4.74 Å². The van der Waals surface area contributed by atoms with Gasteiger partial charge in [-0.1, -0.05) is 0 Å². The van der Waals surface area contributed by atoms with Gasteiger partial charge in [0.15, 0.2) is 5.72 Å². The summed E-state index contributed by atoms with van der Waals surface area (Å²) in [6.07, 6.45) is 0. The van der Waals surface area contributed by atoms with Crippen molar-refractivity contribution < 1.29 is 9.53 Å². The molecule has 1 rings (SSSR count). The van der Waals surface area contributed by atoms with Crippen LogP contribution in [0.4, 0.5) is 0 Å². The van der Waals surface area contributed by atoms with Gasteiger partial charge in [0, 0.05) is 0 Å². The van der Waals surface area contributed by atoms with Gasteiger partial charge in [0.25, 0.3) is 0 Å². The summed E-state index contributed by atoms with van der Waals surface area (Å²) in [4.78, 5) is 10.7. The van der Waals surface area contributed by atoms with Crippen molar-refractivity contribution in [3.63, 3.8) is 0 Å². The first-order valence-corrected chi connectivity index (χ1v) is 3.02. The van der Waals surface area contributed by atoms with Gasteiger partial charge in [-0.15, -0.1) is 0 Å². The smallest absolute Gasteiger partial charge is 0.324 e. The van der Waals surface area contributed by atoms with Crippen molar-refractivity contribution in [2.75, 3.05) is 0 Å². The molecule has 1 saturated heterocycles. The molecule has 0 aromatic carbocycles. The fraction of sp³-hybridized carbons (Fsp3) is 0.833. The molecule has 52 valence electrons. The molecule has 1 heterocycles. The van der Waals surface area contributed by atoms with E-state index in [1.807, 2.05) is 13.8 Å². The van der Waals surface area contributed by atoms with Crippen LogP contribution in [0.5, 0.6) is 0 Å². The Bertz CT molecular complexity index is 142. The molecule has 0 aromatic heterocycles. The minimum absolute atomic E-state index is 0.153. The lowest BCUT2D eigenvalue weighted by atomic mass is 10.3. The summed E-state index contributed by atoms with van der Waals surface area (Å²) < 4.78 is 4.91. The lowest BCUT2D eigenvalue weighted by molar-refractivity contribution is -0.146. The zero-order valence-corrected chi connectivity index (χ0v) is 5.89. The lowest BCUT2D eigenvalue weighted by Crippen LogP contribution is -2.37. The van der Waals surface area contributed by atoms with E-state index < -0.39 is 5.72 Å². The van der Waals surface area contributed by atoms with Gasteiger partial charge in [0.05, 0.1) is 0 Å². The third-order valence-electron chi connectivity index (χ3n) is 1.27. The number of carbonyl (C=O) groups excluding carboxylic acids is 1. The van der Waals surface area contributed by atoms with Crippen molar-refractivity contribution in [2.24, 2.45) is 0 Å². The minimum atomic E-state index is -0.462. The fourth-order valence-electron chi connectivity index (χ4n) is 0.950. The monoisotopic (exact) mass is 129 g/mol. The molecule has 1 aliphatic heterocycles. The van der Waals surface area contributed by atoms with Crippen molar-refractivity contribution in [3.05, 3.63) is 0 Å². The predicted octanol–water partition coefficient (Wildman–Crippen LogP) is 0.257. The summed E-state index contributed by atoms with van der Waals surface area (Å²) in [7, 11) is 0. The van der Waals surface area contributed by atoms with Gasteiger partial charge in [-0.2, -0.15) is 0 Å². The molecule has 0 amide bonds. The third-order valence-corrected chi connectivity index (χ3v) is 1.27. The van der Waals surface area contributed by atoms with Crippen molar-refractivity contribution in [3.8, 4) is 0 Å². The molecule has 1 N–H and O–H groups in total. The van der Waals surface area contributed by atoms with E-state index in [-0.39, 0.29) is 12.0 Å². The molecule has 0 aliphatic carbocycles. The van der Waals surface area contributed by atoms with Gasteiger partial charge in [-0.3, -0.25) is 10.1 Å². The summed E-state index contributed by atoms with van der Waals surface area (Å²) in [6, 6.07) is -0.153. The molecule has 1 aliphatic rings. The zero-order valence-electron chi connectivity index (χ0n) is 5.89. The van der Waals surface area contributed by atoms with Crippen molar-refractivity contribution in [2.45, 2.75) is 32.5 Å². The number of cyclic esters (lactones) is 1. The van der Waals surface area contributed by atoms with Gasteiger partial charge in [0.1, 0.15) is 6.04 Å². The van der Waals surface area contributed by atoms with Gasteiger partial charge in [-0.05, 0) is 20.8 Å². The lowest BCUT2D eigenvalue weighted by Gasteiger charge is -2.15. The second-order valence-corrected chi connectivity index (χ2v) is 2.80. The molecule has 3 heteroatoms. The molecule has 1 fully saturated rings. The van der Waals surface area contributed by atoms with E-state index in [2.05, 4.69) is 5.32 Å². The highest BCUT2D eigenvalue weighted by Crippen LogP contribution is 2.14. The maximum Gasteiger partial charge on any atom is 0.324 e. The Hall–Kier alpha value is -0.570. The number of nitrogens with one attached hydrogen (secondary N) is 1. The number of carbonyl (C=O) groups is 1. The first-order valence-electron chi connectivity index (χ1n) is 3.02. The topological polar surface area (TPSA) is 38.3 Å².